The monoisotopic (exact) mass is 760 g/mol. The quantitative estimate of drug-likeness (QED) is 0.0601. The van der Waals surface area contributed by atoms with Crippen molar-refractivity contribution in [1.29, 1.82) is 0 Å². The third-order valence-electron chi connectivity index (χ3n) is 10.0. The predicted molar refractivity (Wildman–Crippen MR) is 208 cm³/mol. The maximum atomic E-state index is 13.3. The molecule has 15 heteroatoms. The first-order valence-electron chi connectivity index (χ1n) is 18.8. The topological polar surface area (TPSA) is 223 Å². The summed E-state index contributed by atoms with van der Waals surface area (Å²) in [6.45, 7) is 11.6. The number of nitrogens with two attached hydrogens (primary N) is 2. The number of benzene rings is 1. The van der Waals surface area contributed by atoms with Crippen LogP contribution in [0.3, 0.4) is 0 Å². The van der Waals surface area contributed by atoms with Gasteiger partial charge in [0.15, 0.2) is 22.5 Å². The largest absolute Gasteiger partial charge is 0.392 e. The van der Waals surface area contributed by atoms with Crippen LogP contribution in [0, 0.1) is 18.8 Å². The standard InChI is InChI=1S/C38H61ClN8O6/c1-4-5-6-9-15-46(23-30(49)34(52)33(51)26(3)24-48)16-14-31(50)47-17-12-27(13-18-47)20-42-21-28(19-29-11-8-7-10-25(29)2)22-43-38(53)32-36(40)45-37(41)35(39)44-32/h7-8,10-11,27-28,30,33-34,42,48-49,51-52H,3-6,9,12-24H2,1-2H3,(H,43,53)(H4,40,41,45). The molecule has 0 radical (unpaired) electrons. The van der Waals surface area contributed by atoms with Crippen molar-refractivity contribution in [3.05, 3.63) is 58.4 Å². The van der Waals surface area contributed by atoms with Crippen LogP contribution < -0.4 is 22.1 Å². The second-order valence-electron chi connectivity index (χ2n) is 14.3. The Morgan fingerprint density at radius 3 is 2.45 bits per heavy atom. The van der Waals surface area contributed by atoms with Gasteiger partial charge in [-0.15, -0.1) is 0 Å². The van der Waals surface area contributed by atoms with Gasteiger partial charge in [-0.2, -0.15) is 0 Å². The smallest absolute Gasteiger partial charge is 0.273 e. The van der Waals surface area contributed by atoms with Crippen molar-refractivity contribution in [2.45, 2.75) is 83.5 Å². The first-order chi connectivity index (χ1) is 25.3. The lowest BCUT2D eigenvalue weighted by Crippen LogP contribution is -2.47. The number of nitrogens with one attached hydrogen (secondary N) is 2. The van der Waals surface area contributed by atoms with Crippen molar-refractivity contribution >= 4 is 35.1 Å². The number of aryl methyl sites for hydroxylation is 1. The van der Waals surface area contributed by atoms with E-state index in [9.17, 15) is 30.0 Å². The van der Waals surface area contributed by atoms with Crippen LogP contribution in [-0.4, -0.2) is 129 Å². The van der Waals surface area contributed by atoms with Crippen LogP contribution >= 0.6 is 11.6 Å². The number of hydrogen-bond donors (Lipinski definition) is 8. The van der Waals surface area contributed by atoms with E-state index in [1.165, 1.54) is 11.1 Å². The van der Waals surface area contributed by atoms with E-state index in [0.717, 1.165) is 51.5 Å². The fourth-order valence-electron chi connectivity index (χ4n) is 6.56. The van der Waals surface area contributed by atoms with Gasteiger partial charge in [-0.25, -0.2) is 9.97 Å². The lowest BCUT2D eigenvalue weighted by molar-refractivity contribution is -0.133. The number of nitrogens with zero attached hydrogens (tertiary/aromatic N) is 4. The molecular formula is C38H61ClN8O6. The number of anilines is 2. The number of carbonyl (C=O) groups excluding carboxylic acids is 2. The van der Waals surface area contributed by atoms with E-state index in [1.807, 2.05) is 21.9 Å². The molecule has 14 nitrogen and oxygen atoms in total. The van der Waals surface area contributed by atoms with Gasteiger partial charge >= 0.3 is 0 Å². The van der Waals surface area contributed by atoms with Crippen molar-refractivity contribution in [2.75, 3.05) is 70.4 Å². The summed E-state index contributed by atoms with van der Waals surface area (Å²) < 4.78 is 0. The molecule has 4 atom stereocenters. The van der Waals surface area contributed by atoms with Gasteiger partial charge in [-0.3, -0.25) is 9.59 Å². The van der Waals surface area contributed by atoms with Crippen LogP contribution in [0.2, 0.25) is 5.15 Å². The lowest BCUT2D eigenvalue weighted by Gasteiger charge is -2.34. The molecule has 4 unspecified atom stereocenters. The Hall–Kier alpha value is -3.37. The number of carbonyl (C=O) groups is 2. The molecule has 1 aromatic heterocycles. The van der Waals surface area contributed by atoms with Gasteiger partial charge in [0.05, 0.1) is 12.7 Å². The third kappa shape index (κ3) is 14.4. The Labute approximate surface area is 319 Å². The summed E-state index contributed by atoms with van der Waals surface area (Å²) >= 11 is 5.99. The molecule has 10 N–H and O–H groups in total. The van der Waals surface area contributed by atoms with Crippen molar-refractivity contribution in [1.82, 2.24) is 30.4 Å². The molecule has 1 aliphatic rings. The highest BCUT2D eigenvalue weighted by Crippen LogP contribution is 2.20. The van der Waals surface area contributed by atoms with E-state index in [-0.39, 0.29) is 52.8 Å². The fourth-order valence-corrected chi connectivity index (χ4v) is 6.69. The zero-order valence-corrected chi connectivity index (χ0v) is 32.1. The van der Waals surface area contributed by atoms with Gasteiger partial charge in [0.1, 0.15) is 12.2 Å². The van der Waals surface area contributed by atoms with Crippen LogP contribution in [0.4, 0.5) is 11.6 Å². The van der Waals surface area contributed by atoms with Gasteiger partial charge in [0, 0.05) is 39.1 Å². The molecule has 53 heavy (non-hydrogen) atoms. The normalized spacial score (nSPS) is 16.0. The van der Waals surface area contributed by atoms with Crippen molar-refractivity contribution in [2.24, 2.45) is 11.8 Å². The fraction of sp³-hybridized carbons (Fsp3) is 0.632. The number of hydrogen-bond acceptors (Lipinski definition) is 12. The Morgan fingerprint density at radius 2 is 1.77 bits per heavy atom. The highest BCUT2D eigenvalue weighted by molar-refractivity contribution is 6.31. The number of amides is 2. The minimum absolute atomic E-state index is 0.0358. The number of nitrogen functional groups attached to an aromatic ring is 2. The van der Waals surface area contributed by atoms with E-state index in [0.29, 0.717) is 45.2 Å². The molecule has 2 amide bonds. The second-order valence-corrected chi connectivity index (χ2v) is 14.6. The molecule has 1 aromatic carbocycles. The van der Waals surface area contributed by atoms with Crippen LogP contribution in [0.15, 0.2) is 36.4 Å². The Balaban J connectivity index is 1.49. The van der Waals surface area contributed by atoms with Crippen LogP contribution in [0.5, 0.6) is 0 Å². The number of aliphatic hydroxyl groups excluding tert-OH is 4. The van der Waals surface area contributed by atoms with Gasteiger partial charge < -0.3 is 52.3 Å². The van der Waals surface area contributed by atoms with Gasteiger partial charge in [0.2, 0.25) is 5.91 Å². The van der Waals surface area contributed by atoms with E-state index >= 15 is 0 Å². The van der Waals surface area contributed by atoms with Gasteiger partial charge in [-0.1, -0.05) is 68.6 Å². The molecule has 1 fully saturated rings. The number of halogens is 1. The molecule has 2 heterocycles. The molecule has 0 spiro atoms. The number of aromatic nitrogens is 2. The average molecular weight is 761 g/mol. The molecular weight excluding hydrogens is 700 g/mol. The summed E-state index contributed by atoms with van der Waals surface area (Å²) in [7, 11) is 0. The highest BCUT2D eigenvalue weighted by Gasteiger charge is 2.29. The van der Waals surface area contributed by atoms with Crippen molar-refractivity contribution < 1.29 is 30.0 Å². The van der Waals surface area contributed by atoms with Gasteiger partial charge in [-0.05, 0) is 80.8 Å². The maximum Gasteiger partial charge on any atom is 0.273 e. The average Bonchev–Trinajstić information content (AvgIpc) is 3.15. The molecule has 1 saturated heterocycles. The summed E-state index contributed by atoms with van der Waals surface area (Å²) in [6.07, 6.45) is 2.68. The first-order valence-corrected chi connectivity index (χ1v) is 19.2. The van der Waals surface area contributed by atoms with Crippen LogP contribution in [-0.2, 0) is 11.2 Å². The van der Waals surface area contributed by atoms with E-state index in [1.54, 1.807) is 0 Å². The molecule has 3 rings (SSSR count). The lowest BCUT2D eigenvalue weighted by atomic mass is 9.94. The Kier molecular flexibility index (Phi) is 18.9. The summed E-state index contributed by atoms with van der Waals surface area (Å²) in [4.78, 5) is 38.0. The molecule has 296 valence electrons. The zero-order chi connectivity index (χ0) is 38.9. The minimum Gasteiger partial charge on any atom is -0.392 e. The summed E-state index contributed by atoms with van der Waals surface area (Å²) in [5.41, 5.74) is 13.9. The van der Waals surface area contributed by atoms with E-state index < -0.39 is 30.8 Å². The third-order valence-corrected chi connectivity index (χ3v) is 10.3. The molecule has 0 bridgehead atoms. The number of rotatable bonds is 23. The zero-order valence-electron chi connectivity index (χ0n) is 31.4. The summed E-state index contributed by atoms with van der Waals surface area (Å²) in [5, 5.41) is 47.0. The molecule has 0 aliphatic carbocycles. The highest BCUT2D eigenvalue weighted by atomic mass is 35.5. The van der Waals surface area contributed by atoms with E-state index in [2.05, 4.69) is 53.2 Å². The van der Waals surface area contributed by atoms with Gasteiger partial charge in [0.25, 0.3) is 5.91 Å². The second kappa shape index (κ2) is 22.8. The van der Waals surface area contributed by atoms with Crippen LogP contribution in [0.1, 0.15) is 73.5 Å². The Bertz CT molecular complexity index is 1460. The number of piperidine rings is 1. The van der Waals surface area contributed by atoms with E-state index in [4.69, 9.17) is 23.1 Å². The molecule has 2 aromatic rings. The Morgan fingerprint density at radius 1 is 1.06 bits per heavy atom. The summed E-state index contributed by atoms with van der Waals surface area (Å²) in [6, 6.07) is 8.18. The summed E-state index contributed by atoms with van der Waals surface area (Å²) in [5.74, 6) is -0.0702. The van der Waals surface area contributed by atoms with Crippen molar-refractivity contribution in [3.63, 3.8) is 0 Å². The number of aliphatic hydroxyl groups is 4. The molecule has 0 saturated carbocycles. The number of likely N-dealkylation sites (tertiary alicyclic amines) is 1. The van der Waals surface area contributed by atoms with Crippen molar-refractivity contribution in [3.8, 4) is 0 Å². The number of unbranched alkanes of at least 4 members (excludes halogenated alkanes) is 3. The first kappa shape index (κ1) is 44.0. The minimum atomic E-state index is -1.49. The predicted octanol–water partition coefficient (Wildman–Crippen LogP) is 1.92. The molecule has 1 aliphatic heterocycles. The SMILES string of the molecule is C=C(CO)C(O)C(O)C(O)CN(CCCCCC)CCC(=O)N1CCC(CNCC(CNC(=O)c2nc(Cl)c(N)nc2N)Cc2ccccc2C)CC1. The van der Waals surface area contributed by atoms with Crippen LogP contribution in [0.25, 0.3) is 0 Å². The maximum absolute atomic E-state index is 13.3.